The number of carbonyl (C=O) groups excluding carboxylic acids is 1. The Kier molecular flexibility index (Phi) is 6.13. The van der Waals surface area contributed by atoms with Gasteiger partial charge in [0.05, 0.1) is 18.5 Å². The maximum absolute atomic E-state index is 13.6. The minimum Gasteiger partial charge on any atom is -0.378 e. The van der Waals surface area contributed by atoms with Crippen LogP contribution in [0.3, 0.4) is 0 Å². The van der Waals surface area contributed by atoms with Gasteiger partial charge in [-0.3, -0.25) is 4.79 Å². The second-order valence-corrected chi connectivity index (χ2v) is 7.22. The van der Waals surface area contributed by atoms with Crippen LogP contribution in [0.15, 0.2) is 65.7 Å². The fraction of sp³-hybridized carbons (Fsp3) is 0.200. The maximum Gasteiger partial charge on any atom is 0.235 e. The number of halogens is 1. The molecule has 5 nitrogen and oxygen atoms in total. The number of amides is 1. The maximum atomic E-state index is 13.6. The molecule has 3 aromatic rings. The number of carbonyl (C=O) groups is 1. The highest BCUT2D eigenvalue weighted by molar-refractivity contribution is 8.00. The van der Waals surface area contributed by atoms with Gasteiger partial charge in [0.1, 0.15) is 11.6 Å². The van der Waals surface area contributed by atoms with E-state index in [2.05, 4.69) is 10.4 Å². The fourth-order valence-electron chi connectivity index (χ4n) is 2.52. The minimum atomic E-state index is -0.318. The molecule has 0 unspecified atom stereocenters. The highest BCUT2D eigenvalue weighted by Gasteiger charge is 2.10. The lowest BCUT2D eigenvalue weighted by Crippen LogP contribution is -2.18. The van der Waals surface area contributed by atoms with Gasteiger partial charge in [0.2, 0.25) is 5.91 Å². The van der Waals surface area contributed by atoms with Gasteiger partial charge in [0, 0.05) is 30.7 Å². The van der Waals surface area contributed by atoms with Crippen LogP contribution in [0, 0.1) is 5.82 Å². The molecule has 0 aliphatic heterocycles. The van der Waals surface area contributed by atoms with Crippen LogP contribution >= 0.6 is 11.8 Å². The van der Waals surface area contributed by atoms with Gasteiger partial charge in [-0.15, -0.1) is 11.8 Å². The first kappa shape index (κ1) is 19.0. The van der Waals surface area contributed by atoms with Crippen molar-refractivity contribution in [3.05, 3.63) is 72.2 Å². The van der Waals surface area contributed by atoms with E-state index in [1.165, 1.54) is 17.8 Å². The first-order chi connectivity index (χ1) is 13.0. The molecule has 2 aromatic carbocycles. The molecule has 7 heteroatoms. The summed E-state index contributed by atoms with van der Waals surface area (Å²) in [4.78, 5) is 14.7. The van der Waals surface area contributed by atoms with Gasteiger partial charge in [-0.25, -0.2) is 9.07 Å². The second kappa shape index (κ2) is 8.73. The zero-order valence-electron chi connectivity index (χ0n) is 15.2. The predicted octanol–water partition coefficient (Wildman–Crippen LogP) is 3.87. The van der Waals surface area contributed by atoms with E-state index in [1.54, 1.807) is 35.1 Å². The third kappa shape index (κ3) is 5.10. The molecule has 0 fully saturated rings. The van der Waals surface area contributed by atoms with E-state index in [-0.39, 0.29) is 17.5 Å². The Labute approximate surface area is 162 Å². The third-order valence-electron chi connectivity index (χ3n) is 3.96. The Morgan fingerprint density at radius 2 is 1.89 bits per heavy atom. The predicted molar refractivity (Wildman–Crippen MR) is 108 cm³/mol. The fourth-order valence-corrected chi connectivity index (χ4v) is 3.26. The number of nitrogens with one attached hydrogen (secondary N) is 1. The molecule has 0 spiro atoms. The summed E-state index contributed by atoms with van der Waals surface area (Å²) >= 11 is 1.17. The molecule has 0 aliphatic rings. The van der Waals surface area contributed by atoms with Gasteiger partial charge in [-0.1, -0.05) is 24.3 Å². The van der Waals surface area contributed by atoms with Crippen molar-refractivity contribution in [1.82, 2.24) is 9.78 Å². The number of hydrogen-bond donors (Lipinski definition) is 1. The van der Waals surface area contributed by atoms with Crippen molar-refractivity contribution in [2.45, 2.75) is 11.4 Å². The number of hydrogen-bond acceptors (Lipinski definition) is 4. The van der Waals surface area contributed by atoms with Crippen LogP contribution in [0.4, 0.5) is 15.9 Å². The third-order valence-corrected chi connectivity index (χ3v) is 5.01. The SMILES string of the molecule is CN(C)c1ccc(Cn2nccc2NC(=O)CSc2ccccc2F)cc1. The van der Waals surface area contributed by atoms with Crippen LogP contribution in [0.2, 0.25) is 0 Å². The minimum absolute atomic E-state index is 0.129. The largest absolute Gasteiger partial charge is 0.378 e. The van der Waals surface area contributed by atoms with Crippen LogP contribution in [0.25, 0.3) is 0 Å². The summed E-state index contributed by atoms with van der Waals surface area (Å²) in [6.45, 7) is 0.552. The van der Waals surface area contributed by atoms with E-state index in [0.717, 1.165) is 11.3 Å². The highest BCUT2D eigenvalue weighted by Crippen LogP contribution is 2.21. The Morgan fingerprint density at radius 3 is 2.59 bits per heavy atom. The molecule has 1 N–H and O–H groups in total. The molecular weight excluding hydrogens is 363 g/mol. The molecule has 1 aromatic heterocycles. The molecule has 0 saturated carbocycles. The van der Waals surface area contributed by atoms with Crippen molar-refractivity contribution < 1.29 is 9.18 Å². The average Bonchev–Trinajstić information content (AvgIpc) is 3.08. The first-order valence-corrected chi connectivity index (χ1v) is 9.47. The molecule has 0 saturated heterocycles. The zero-order valence-corrected chi connectivity index (χ0v) is 16.0. The molecule has 0 radical (unpaired) electrons. The first-order valence-electron chi connectivity index (χ1n) is 8.48. The lowest BCUT2D eigenvalue weighted by Gasteiger charge is -2.13. The Bertz CT molecular complexity index is 908. The lowest BCUT2D eigenvalue weighted by atomic mass is 10.2. The van der Waals surface area contributed by atoms with E-state index in [0.29, 0.717) is 17.3 Å². The molecule has 140 valence electrons. The Balaban J connectivity index is 1.59. The quantitative estimate of drug-likeness (QED) is 0.629. The van der Waals surface area contributed by atoms with Crippen LogP contribution in [-0.4, -0.2) is 35.5 Å². The summed E-state index contributed by atoms with van der Waals surface area (Å²) < 4.78 is 15.4. The van der Waals surface area contributed by atoms with Gasteiger partial charge >= 0.3 is 0 Å². The highest BCUT2D eigenvalue weighted by atomic mass is 32.2. The number of rotatable bonds is 7. The molecule has 0 aliphatic carbocycles. The van der Waals surface area contributed by atoms with Gasteiger partial charge in [-0.05, 0) is 29.8 Å². The van der Waals surface area contributed by atoms with E-state index in [4.69, 9.17) is 0 Å². The van der Waals surface area contributed by atoms with Gasteiger partial charge < -0.3 is 10.2 Å². The number of thioether (sulfide) groups is 1. The van der Waals surface area contributed by atoms with Crippen LogP contribution < -0.4 is 10.2 Å². The van der Waals surface area contributed by atoms with E-state index >= 15 is 0 Å². The zero-order chi connectivity index (χ0) is 19.2. The molecular formula is C20H21FN4OS. The number of nitrogens with zero attached hydrogens (tertiary/aromatic N) is 3. The summed E-state index contributed by atoms with van der Waals surface area (Å²) in [5, 5.41) is 7.12. The Morgan fingerprint density at radius 1 is 1.15 bits per heavy atom. The van der Waals surface area contributed by atoms with Gasteiger partial charge in [0.25, 0.3) is 0 Å². The molecule has 27 heavy (non-hydrogen) atoms. The van der Waals surface area contributed by atoms with Crippen molar-refractivity contribution >= 4 is 29.2 Å². The summed E-state index contributed by atoms with van der Waals surface area (Å²) in [5.74, 6) is 0.226. The van der Waals surface area contributed by atoms with Gasteiger partial charge in [-0.2, -0.15) is 5.10 Å². The number of aromatic nitrogens is 2. The van der Waals surface area contributed by atoms with E-state index in [9.17, 15) is 9.18 Å². The van der Waals surface area contributed by atoms with Crippen LogP contribution in [-0.2, 0) is 11.3 Å². The molecule has 1 amide bonds. The summed E-state index contributed by atoms with van der Waals surface area (Å²) in [6, 6.07) is 16.3. The van der Waals surface area contributed by atoms with E-state index in [1.807, 2.05) is 43.3 Å². The van der Waals surface area contributed by atoms with E-state index < -0.39 is 0 Å². The van der Waals surface area contributed by atoms with Crippen molar-refractivity contribution in [2.75, 3.05) is 30.1 Å². The lowest BCUT2D eigenvalue weighted by molar-refractivity contribution is -0.113. The topological polar surface area (TPSA) is 50.2 Å². The van der Waals surface area contributed by atoms with Crippen molar-refractivity contribution in [2.24, 2.45) is 0 Å². The van der Waals surface area contributed by atoms with Crippen molar-refractivity contribution in [3.63, 3.8) is 0 Å². The van der Waals surface area contributed by atoms with Gasteiger partial charge in [0.15, 0.2) is 0 Å². The summed E-state index contributed by atoms with van der Waals surface area (Å²) in [5.41, 5.74) is 2.21. The Hall–Kier alpha value is -2.80. The standard InChI is InChI=1S/C20H21FN4OS/c1-24(2)16-9-7-15(8-10-16)13-25-19(11-12-22-25)23-20(26)14-27-18-6-4-3-5-17(18)21/h3-12H,13-14H2,1-2H3,(H,23,26). The molecule has 0 atom stereocenters. The number of benzene rings is 2. The van der Waals surface area contributed by atoms with Crippen LogP contribution in [0.5, 0.6) is 0 Å². The normalized spacial score (nSPS) is 10.6. The van der Waals surface area contributed by atoms with Crippen molar-refractivity contribution in [3.8, 4) is 0 Å². The van der Waals surface area contributed by atoms with Crippen molar-refractivity contribution in [1.29, 1.82) is 0 Å². The molecule has 0 bridgehead atoms. The molecule has 3 rings (SSSR count). The monoisotopic (exact) mass is 384 g/mol. The summed E-state index contributed by atoms with van der Waals surface area (Å²) in [6.07, 6.45) is 1.65. The number of anilines is 2. The smallest absolute Gasteiger partial charge is 0.235 e. The van der Waals surface area contributed by atoms with Crippen LogP contribution in [0.1, 0.15) is 5.56 Å². The average molecular weight is 384 g/mol. The molecule has 1 heterocycles. The summed E-state index contributed by atoms with van der Waals surface area (Å²) in [7, 11) is 3.99. The second-order valence-electron chi connectivity index (χ2n) is 6.20.